The van der Waals surface area contributed by atoms with E-state index in [0.717, 1.165) is 122 Å². The first-order valence-electron chi connectivity index (χ1n) is 32.7. The van der Waals surface area contributed by atoms with Crippen LogP contribution >= 0.6 is 0 Å². The van der Waals surface area contributed by atoms with Gasteiger partial charge in [0.1, 0.15) is 13.2 Å². The third-order valence-electron chi connectivity index (χ3n) is 14.1. The van der Waals surface area contributed by atoms with Gasteiger partial charge in [0.2, 0.25) is 0 Å². The third kappa shape index (κ3) is 63.0. The lowest BCUT2D eigenvalue weighted by atomic mass is 10.0. The normalized spacial score (nSPS) is 12.7. The number of carbonyl (C=O) groups is 3. The second-order valence-corrected chi connectivity index (χ2v) is 21.6. The maximum Gasteiger partial charge on any atom is 0.306 e. The first kappa shape index (κ1) is 73.3. The number of ether oxygens (including phenoxy) is 3. The highest BCUT2D eigenvalue weighted by Crippen LogP contribution is 2.17. The van der Waals surface area contributed by atoms with Gasteiger partial charge in [-0.1, -0.05) is 279 Å². The molecule has 1 unspecified atom stereocenters. The highest BCUT2D eigenvalue weighted by atomic mass is 16.6. The monoisotopic (exact) mass is 1070 g/mol. The van der Waals surface area contributed by atoms with Crippen molar-refractivity contribution in [2.45, 2.75) is 322 Å². The Morgan fingerprint density at radius 2 is 0.506 bits per heavy atom. The van der Waals surface area contributed by atoms with Crippen LogP contribution in [0.1, 0.15) is 316 Å². The molecule has 0 aromatic rings. The van der Waals surface area contributed by atoms with Crippen LogP contribution in [-0.2, 0) is 28.6 Å². The van der Waals surface area contributed by atoms with Gasteiger partial charge < -0.3 is 14.2 Å². The number of allylic oxidation sites excluding steroid dienone is 16. The minimum Gasteiger partial charge on any atom is -0.462 e. The van der Waals surface area contributed by atoms with Crippen molar-refractivity contribution in [3.8, 4) is 0 Å². The van der Waals surface area contributed by atoms with Crippen LogP contribution in [0.15, 0.2) is 97.2 Å². The molecule has 0 radical (unpaired) electrons. The Morgan fingerprint density at radius 1 is 0.273 bits per heavy atom. The summed E-state index contributed by atoms with van der Waals surface area (Å²) in [7, 11) is 0. The standard InChI is InChI=1S/C71H122O6/c1-4-7-10-13-16-19-22-25-27-29-30-31-32-33-34-35-36-37-38-39-40-42-43-46-49-52-55-58-61-64-70(73)76-67-68(66-75-69(72)63-60-57-54-51-48-45-24-21-18-15-12-9-6-3)77-71(74)65-62-59-56-53-50-47-44-41-28-26-23-20-17-14-11-8-5-2/h8-9,11-12,17-18,20-21,26,28-30,44-45,47-48,68H,4-7,10,13-16,19,22-25,27,31-43,46,49-67H2,1-3H3/b11-8-,12-9-,20-17-,21-18-,28-26-,30-29-,47-44-,48-45-. The van der Waals surface area contributed by atoms with E-state index < -0.39 is 6.10 Å². The number of hydrogen-bond donors (Lipinski definition) is 0. The summed E-state index contributed by atoms with van der Waals surface area (Å²) in [4.78, 5) is 38.3. The zero-order chi connectivity index (χ0) is 55.7. The molecular weight excluding hydrogens is 949 g/mol. The molecule has 0 bridgehead atoms. The molecule has 6 nitrogen and oxygen atoms in total. The lowest BCUT2D eigenvalue weighted by Crippen LogP contribution is -2.30. The maximum absolute atomic E-state index is 12.9. The van der Waals surface area contributed by atoms with E-state index in [4.69, 9.17) is 14.2 Å². The largest absolute Gasteiger partial charge is 0.462 e. The Kier molecular flexibility index (Phi) is 61.8. The van der Waals surface area contributed by atoms with Crippen molar-refractivity contribution in [2.75, 3.05) is 13.2 Å². The van der Waals surface area contributed by atoms with Gasteiger partial charge >= 0.3 is 17.9 Å². The van der Waals surface area contributed by atoms with E-state index in [1.165, 1.54) is 154 Å². The van der Waals surface area contributed by atoms with Gasteiger partial charge in [-0.3, -0.25) is 14.4 Å². The van der Waals surface area contributed by atoms with Gasteiger partial charge in [0.15, 0.2) is 6.10 Å². The second kappa shape index (κ2) is 64.9. The van der Waals surface area contributed by atoms with Gasteiger partial charge in [0.25, 0.3) is 0 Å². The van der Waals surface area contributed by atoms with Crippen molar-refractivity contribution in [1.82, 2.24) is 0 Å². The zero-order valence-corrected chi connectivity index (χ0v) is 50.7. The topological polar surface area (TPSA) is 78.9 Å². The highest BCUT2D eigenvalue weighted by molar-refractivity contribution is 5.71. The van der Waals surface area contributed by atoms with Crippen molar-refractivity contribution < 1.29 is 28.6 Å². The Hall–Kier alpha value is -3.67. The van der Waals surface area contributed by atoms with Crippen molar-refractivity contribution >= 4 is 17.9 Å². The Morgan fingerprint density at radius 3 is 0.818 bits per heavy atom. The van der Waals surface area contributed by atoms with Crippen molar-refractivity contribution in [1.29, 1.82) is 0 Å². The summed E-state index contributed by atoms with van der Waals surface area (Å²) in [5.74, 6) is -0.942. The van der Waals surface area contributed by atoms with Crippen molar-refractivity contribution in [2.24, 2.45) is 0 Å². The van der Waals surface area contributed by atoms with Crippen LogP contribution in [0.2, 0.25) is 0 Å². The fourth-order valence-corrected chi connectivity index (χ4v) is 9.21. The molecule has 0 aliphatic rings. The molecule has 0 N–H and O–H groups in total. The van der Waals surface area contributed by atoms with E-state index in [2.05, 4.69) is 118 Å². The molecule has 0 spiro atoms. The van der Waals surface area contributed by atoms with Gasteiger partial charge in [-0.2, -0.15) is 0 Å². The summed E-state index contributed by atoms with van der Waals surface area (Å²) >= 11 is 0. The predicted molar refractivity (Wildman–Crippen MR) is 334 cm³/mol. The molecule has 1 atom stereocenters. The minimum absolute atomic E-state index is 0.0958. The highest BCUT2D eigenvalue weighted by Gasteiger charge is 2.19. The van der Waals surface area contributed by atoms with Crippen LogP contribution in [0.4, 0.5) is 0 Å². The summed E-state index contributed by atoms with van der Waals surface area (Å²) in [5, 5.41) is 0. The molecule has 6 heteroatoms. The number of carbonyl (C=O) groups excluding carboxylic acids is 3. The molecular formula is C71H122O6. The second-order valence-electron chi connectivity index (χ2n) is 21.6. The Balaban J connectivity index is 4.25. The van der Waals surface area contributed by atoms with Gasteiger partial charge in [-0.05, 0) is 116 Å². The number of esters is 3. The number of unbranched alkanes of at least 4 members (excludes halogenated alkanes) is 32. The molecule has 0 aliphatic carbocycles. The molecule has 77 heavy (non-hydrogen) atoms. The fraction of sp³-hybridized carbons (Fsp3) is 0.732. The van der Waals surface area contributed by atoms with Gasteiger partial charge in [-0.25, -0.2) is 0 Å². The summed E-state index contributed by atoms with van der Waals surface area (Å²) in [6.45, 7) is 6.39. The maximum atomic E-state index is 12.9. The molecule has 0 aliphatic heterocycles. The molecule has 442 valence electrons. The van der Waals surface area contributed by atoms with Crippen LogP contribution in [0, 0.1) is 0 Å². The molecule has 0 aromatic heterocycles. The van der Waals surface area contributed by atoms with Gasteiger partial charge in [-0.15, -0.1) is 0 Å². The molecule has 0 amide bonds. The summed E-state index contributed by atoms with van der Waals surface area (Å²) in [5.41, 5.74) is 0. The molecule has 0 fully saturated rings. The van der Waals surface area contributed by atoms with E-state index in [9.17, 15) is 14.4 Å². The zero-order valence-electron chi connectivity index (χ0n) is 50.7. The molecule has 0 heterocycles. The van der Waals surface area contributed by atoms with Crippen LogP contribution in [0.5, 0.6) is 0 Å². The van der Waals surface area contributed by atoms with Crippen molar-refractivity contribution in [3.63, 3.8) is 0 Å². The lowest BCUT2D eigenvalue weighted by molar-refractivity contribution is -0.167. The number of hydrogen-bond acceptors (Lipinski definition) is 6. The van der Waals surface area contributed by atoms with Gasteiger partial charge in [0.05, 0.1) is 0 Å². The van der Waals surface area contributed by atoms with Crippen LogP contribution in [0.25, 0.3) is 0 Å². The van der Waals surface area contributed by atoms with Crippen LogP contribution in [-0.4, -0.2) is 37.2 Å². The van der Waals surface area contributed by atoms with E-state index in [1.807, 2.05) is 0 Å². The molecule has 0 saturated carbocycles. The van der Waals surface area contributed by atoms with Crippen LogP contribution < -0.4 is 0 Å². The average Bonchev–Trinajstić information content (AvgIpc) is 3.43. The first-order valence-corrected chi connectivity index (χ1v) is 32.7. The first-order chi connectivity index (χ1) is 38.0. The molecule has 0 rings (SSSR count). The summed E-state index contributed by atoms with van der Waals surface area (Å²) in [6, 6.07) is 0. The van der Waals surface area contributed by atoms with Crippen molar-refractivity contribution in [3.05, 3.63) is 97.2 Å². The minimum atomic E-state index is -0.804. The van der Waals surface area contributed by atoms with E-state index >= 15 is 0 Å². The van der Waals surface area contributed by atoms with E-state index in [1.54, 1.807) is 0 Å². The molecule has 0 aromatic carbocycles. The fourth-order valence-electron chi connectivity index (χ4n) is 9.21. The van der Waals surface area contributed by atoms with E-state index in [0.29, 0.717) is 19.3 Å². The van der Waals surface area contributed by atoms with Gasteiger partial charge in [0, 0.05) is 19.3 Å². The quantitative estimate of drug-likeness (QED) is 0.0261. The summed E-state index contributed by atoms with van der Waals surface area (Å²) in [6.07, 6.45) is 87.3. The summed E-state index contributed by atoms with van der Waals surface area (Å²) < 4.78 is 16.9. The number of rotatable bonds is 59. The Bertz CT molecular complexity index is 1510. The average molecular weight is 1070 g/mol. The smallest absolute Gasteiger partial charge is 0.306 e. The Labute approximate surface area is 477 Å². The van der Waals surface area contributed by atoms with E-state index in [-0.39, 0.29) is 31.1 Å². The molecule has 0 saturated heterocycles. The SMILES string of the molecule is CC/C=C\C/C=C\C/C=C\C/C=C\CCCCCCC(=O)OC(COC(=O)CCCCC/C=C\C/C=C\C/C=C\CC)COC(=O)CCCCCCCCCCCCCCCCCCC/C=C\CCCCCCCCCC. The van der Waals surface area contributed by atoms with Crippen LogP contribution in [0.3, 0.4) is 0 Å². The predicted octanol–water partition coefficient (Wildman–Crippen LogP) is 22.4. The third-order valence-corrected chi connectivity index (χ3v) is 14.1. The lowest BCUT2D eigenvalue weighted by Gasteiger charge is -2.18.